The Balaban J connectivity index is 1.56. The van der Waals surface area contributed by atoms with Crippen LogP contribution in [-0.4, -0.2) is 45.3 Å². The first-order chi connectivity index (χ1) is 17.9. The van der Waals surface area contributed by atoms with Gasteiger partial charge in [0.1, 0.15) is 6.54 Å². The molecule has 196 valence electrons. The molecule has 2 amide bonds. The van der Waals surface area contributed by atoms with Crippen LogP contribution in [0.1, 0.15) is 67.6 Å². The zero-order valence-electron chi connectivity index (χ0n) is 22.0. The summed E-state index contributed by atoms with van der Waals surface area (Å²) in [5.41, 5.74) is 2.74. The molecule has 1 aliphatic rings. The van der Waals surface area contributed by atoms with Gasteiger partial charge in [0.15, 0.2) is 0 Å². The van der Waals surface area contributed by atoms with Gasteiger partial charge in [-0.25, -0.2) is 0 Å². The summed E-state index contributed by atoms with van der Waals surface area (Å²) in [4.78, 5) is 31.0. The largest absolute Gasteiger partial charge is 0.345 e. The normalized spacial score (nSPS) is 14.1. The van der Waals surface area contributed by atoms with Gasteiger partial charge in [-0.3, -0.25) is 9.59 Å². The number of rotatable bonds is 10. The van der Waals surface area contributed by atoms with Crippen LogP contribution in [-0.2, 0) is 17.9 Å². The van der Waals surface area contributed by atoms with Crippen LogP contribution in [0.4, 0.5) is 0 Å². The second-order valence-electron chi connectivity index (χ2n) is 10.5. The molecule has 1 fully saturated rings. The number of nitrogens with zero attached hydrogens (tertiary/aromatic N) is 3. The summed E-state index contributed by atoms with van der Waals surface area (Å²) in [6.45, 7) is 5.97. The van der Waals surface area contributed by atoms with Crippen molar-refractivity contribution in [2.24, 2.45) is 5.92 Å². The molecule has 0 saturated heterocycles. The maximum atomic E-state index is 13.9. The fourth-order valence-electron chi connectivity index (χ4n) is 5.22. The van der Waals surface area contributed by atoms with E-state index in [-0.39, 0.29) is 30.3 Å². The maximum Gasteiger partial charge on any atom is 0.254 e. The van der Waals surface area contributed by atoms with Gasteiger partial charge in [-0.15, -0.1) is 0 Å². The van der Waals surface area contributed by atoms with Crippen molar-refractivity contribution in [3.63, 3.8) is 0 Å². The van der Waals surface area contributed by atoms with Crippen LogP contribution in [0, 0.1) is 5.92 Å². The van der Waals surface area contributed by atoms with Crippen LogP contribution in [0.15, 0.2) is 72.9 Å². The molecule has 37 heavy (non-hydrogen) atoms. The number of hydrogen-bond acceptors (Lipinski definition) is 2. The summed E-state index contributed by atoms with van der Waals surface area (Å²) in [6, 6.07) is 21.5. The van der Waals surface area contributed by atoms with Crippen LogP contribution in [0.3, 0.4) is 0 Å². The lowest BCUT2D eigenvalue weighted by molar-refractivity contribution is -0.135. The molecule has 0 aliphatic heterocycles. The van der Waals surface area contributed by atoms with Gasteiger partial charge in [0.05, 0.1) is 6.54 Å². The van der Waals surface area contributed by atoms with Crippen molar-refractivity contribution < 1.29 is 9.59 Å². The van der Waals surface area contributed by atoms with Crippen molar-refractivity contribution in [3.8, 4) is 0 Å². The predicted octanol–water partition coefficient (Wildman–Crippen LogP) is 6.65. The standard InChI is InChI=1S/C31H38ClN3O2/c1-24(2)20-34(31(37)25-12-5-3-6-13-25)23-30(36)35(27-15-7-4-8-16-27)22-28-17-11-19-33(28)21-26-14-9-10-18-29(26)32/h3,5-6,9-14,17-19,24,27H,4,7-8,15-16,20-23H2,1-2H3. The van der Waals surface area contributed by atoms with E-state index in [2.05, 4.69) is 24.5 Å². The minimum Gasteiger partial charge on any atom is -0.345 e. The van der Waals surface area contributed by atoms with Crippen molar-refractivity contribution >= 4 is 23.4 Å². The number of carbonyl (C=O) groups is 2. The number of halogens is 1. The van der Waals surface area contributed by atoms with Gasteiger partial charge in [0.2, 0.25) is 5.91 Å². The predicted molar refractivity (Wildman–Crippen MR) is 150 cm³/mol. The molecule has 0 spiro atoms. The highest BCUT2D eigenvalue weighted by Gasteiger charge is 2.29. The maximum absolute atomic E-state index is 13.9. The molecule has 0 radical (unpaired) electrons. The molecule has 6 heteroatoms. The molecule has 0 unspecified atom stereocenters. The Morgan fingerprint density at radius 1 is 0.946 bits per heavy atom. The number of aromatic nitrogens is 1. The van der Waals surface area contributed by atoms with Crippen LogP contribution >= 0.6 is 11.6 Å². The van der Waals surface area contributed by atoms with E-state index in [1.54, 1.807) is 4.90 Å². The summed E-state index contributed by atoms with van der Waals surface area (Å²) in [6.07, 6.45) is 7.54. The van der Waals surface area contributed by atoms with Gasteiger partial charge in [-0.05, 0) is 54.7 Å². The van der Waals surface area contributed by atoms with Crippen molar-refractivity contribution in [3.05, 3.63) is 94.8 Å². The Hall–Kier alpha value is -3.05. The lowest BCUT2D eigenvalue weighted by atomic mass is 9.94. The van der Waals surface area contributed by atoms with Crippen molar-refractivity contribution in [1.82, 2.24) is 14.4 Å². The molecule has 0 N–H and O–H groups in total. The molecule has 5 nitrogen and oxygen atoms in total. The van der Waals surface area contributed by atoms with Gasteiger partial charge in [-0.2, -0.15) is 0 Å². The minimum absolute atomic E-state index is 0.0160. The topological polar surface area (TPSA) is 45.6 Å². The molecule has 1 saturated carbocycles. The zero-order chi connectivity index (χ0) is 26.2. The fourth-order valence-corrected chi connectivity index (χ4v) is 5.42. The van der Waals surface area contributed by atoms with E-state index in [4.69, 9.17) is 11.6 Å². The van der Waals surface area contributed by atoms with Crippen molar-refractivity contribution in [1.29, 1.82) is 0 Å². The van der Waals surface area contributed by atoms with Gasteiger partial charge in [0.25, 0.3) is 5.91 Å². The molecule has 3 aromatic rings. The Kier molecular flexibility index (Phi) is 9.45. The highest BCUT2D eigenvalue weighted by molar-refractivity contribution is 6.31. The smallest absolute Gasteiger partial charge is 0.254 e. The molecule has 4 rings (SSSR count). The fraction of sp³-hybridized carbons (Fsp3) is 0.419. The summed E-state index contributed by atoms with van der Waals surface area (Å²) >= 11 is 6.44. The van der Waals surface area contributed by atoms with E-state index in [0.29, 0.717) is 25.2 Å². The van der Waals surface area contributed by atoms with Gasteiger partial charge in [-0.1, -0.05) is 81.1 Å². The van der Waals surface area contributed by atoms with Gasteiger partial charge >= 0.3 is 0 Å². The van der Waals surface area contributed by atoms with Crippen LogP contribution in [0.5, 0.6) is 0 Å². The molecule has 1 aromatic heterocycles. The molecular formula is C31H38ClN3O2. The van der Waals surface area contributed by atoms with Crippen molar-refractivity contribution in [2.45, 2.75) is 65.1 Å². The highest BCUT2D eigenvalue weighted by atomic mass is 35.5. The Bertz CT molecular complexity index is 1170. The summed E-state index contributed by atoms with van der Waals surface area (Å²) in [5, 5.41) is 0.742. The van der Waals surface area contributed by atoms with Gasteiger partial charge < -0.3 is 14.4 Å². The van der Waals surface area contributed by atoms with Crippen molar-refractivity contribution in [2.75, 3.05) is 13.1 Å². The Labute approximate surface area is 226 Å². The third-order valence-electron chi connectivity index (χ3n) is 7.11. The first-order valence-corrected chi connectivity index (χ1v) is 13.8. The quantitative estimate of drug-likeness (QED) is 0.301. The SMILES string of the molecule is CC(C)CN(CC(=O)N(Cc1cccn1Cc1ccccc1Cl)C1CCCCC1)C(=O)c1ccccc1. The lowest BCUT2D eigenvalue weighted by Crippen LogP contribution is -2.48. The summed E-state index contributed by atoms with van der Waals surface area (Å²) < 4.78 is 2.17. The van der Waals surface area contributed by atoms with Crippen LogP contribution in [0.2, 0.25) is 5.02 Å². The van der Waals surface area contributed by atoms with Crippen LogP contribution in [0.25, 0.3) is 0 Å². The Morgan fingerprint density at radius 2 is 1.65 bits per heavy atom. The number of carbonyl (C=O) groups excluding carboxylic acids is 2. The lowest BCUT2D eigenvalue weighted by Gasteiger charge is -2.36. The van der Waals surface area contributed by atoms with E-state index in [1.807, 2.05) is 71.8 Å². The van der Waals surface area contributed by atoms with E-state index in [9.17, 15) is 9.59 Å². The molecule has 1 aliphatic carbocycles. The second kappa shape index (κ2) is 13.0. The molecular weight excluding hydrogens is 482 g/mol. The van der Waals surface area contributed by atoms with E-state index in [1.165, 1.54) is 6.42 Å². The number of amides is 2. The first-order valence-electron chi connectivity index (χ1n) is 13.4. The monoisotopic (exact) mass is 519 g/mol. The molecule has 0 bridgehead atoms. The average Bonchev–Trinajstić information content (AvgIpc) is 3.35. The molecule has 2 aromatic carbocycles. The van der Waals surface area contributed by atoms with E-state index in [0.717, 1.165) is 42.0 Å². The minimum atomic E-state index is -0.0895. The highest BCUT2D eigenvalue weighted by Crippen LogP contribution is 2.26. The third-order valence-corrected chi connectivity index (χ3v) is 7.48. The first kappa shape index (κ1) is 27.0. The number of benzene rings is 2. The van der Waals surface area contributed by atoms with E-state index >= 15 is 0 Å². The van der Waals surface area contributed by atoms with Gasteiger partial charge in [0, 0.05) is 41.6 Å². The second-order valence-corrected chi connectivity index (χ2v) is 10.9. The summed E-state index contributed by atoms with van der Waals surface area (Å²) in [7, 11) is 0. The average molecular weight is 520 g/mol. The van der Waals surface area contributed by atoms with Crippen LogP contribution < -0.4 is 0 Å². The third kappa shape index (κ3) is 7.26. The Morgan fingerprint density at radius 3 is 2.35 bits per heavy atom. The molecule has 0 atom stereocenters. The zero-order valence-corrected chi connectivity index (χ0v) is 22.7. The van der Waals surface area contributed by atoms with E-state index < -0.39 is 0 Å². The molecule has 1 heterocycles. The summed E-state index contributed by atoms with van der Waals surface area (Å²) in [5.74, 6) is 0.187. The number of hydrogen-bond donors (Lipinski definition) is 0.